The summed E-state index contributed by atoms with van der Waals surface area (Å²) < 4.78 is 0. The van der Waals surface area contributed by atoms with Crippen molar-refractivity contribution in [3.8, 4) is 0 Å². The molecule has 1 fully saturated rings. The Labute approximate surface area is 161 Å². The smallest absolute Gasteiger partial charge is 0.238 e. The van der Waals surface area contributed by atoms with Crippen LogP contribution in [0.2, 0.25) is 0 Å². The van der Waals surface area contributed by atoms with Gasteiger partial charge in [0.15, 0.2) is 0 Å². The molecule has 1 aromatic carbocycles. The number of imide groups is 1. The summed E-state index contributed by atoms with van der Waals surface area (Å²) in [6, 6.07) is 8.11. The highest BCUT2D eigenvalue weighted by molar-refractivity contribution is 6.22. The van der Waals surface area contributed by atoms with Crippen molar-refractivity contribution >= 4 is 29.2 Å². The normalized spacial score (nSPS) is 20.9. The number of benzene rings is 1. The van der Waals surface area contributed by atoms with Gasteiger partial charge in [-0.25, -0.2) is 0 Å². The summed E-state index contributed by atoms with van der Waals surface area (Å²) in [7, 11) is 0. The van der Waals surface area contributed by atoms with E-state index in [4.69, 9.17) is 0 Å². The highest BCUT2D eigenvalue weighted by atomic mass is 16.4. The zero-order valence-corrected chi connectivity index (χ0v) is 15.0. The van der Waals surface area contributed by atoms with E-state index in [2.05, 4.69) is 10.3 Å². The van der Waals surface area contributed by atoms with Crippen LogP contribution in [0.4, 0.5) is 11.4 Å². The second-order valence-electron chi connectivity index (χ2n) is 6.90. The Morgan fingerprint density at radius 2 is 1.86 bits per heavy atom. The number of allylic oxidation sites excluding steroid dienone is 2. The quantitative estimate of drug-likeness (QED) is 0.627. The summed E-state index contributed by atoms with van der Waals surface area (Å²) in [4.78, 5) is 42.2. The van der Waals surface area contributed by atoms with Crippen LogP contribution in [0, 0.1) is 11.8 Å². The van der Waals surface area contributed by atoms with E-state index >= 15 is 0 Å². The Kier molecular flexibility index (Phi) is 4.65. The predicted octanol–water partition coefficient (Wildman–Crippen LogP) is 1.51. The maximum absolute atomic E-state index is 12.7. The molecule has 1 aliphatic carbocycles. The van der Waals surface area contributed by atoms with Crippen molar-refractivity contribution in [1.82, 2.24) is 4.98 Å². The fourth-order valence-electron chi connectivity index (χ4n) is 3.75. The topological polar surface area (TPSA) is 102 Å². The molecule has 142 valence electrons. The Balaban J connectivity index is 1.61. The van der Waals surface area contributed by atoms with Crippen LogP contribution in [0.5, 0.6) is 0 Å². The van der Waals surface area contributed by atoms with Gasteiger partial charge < -0.3 is 15.2 Å². The number of nitrogens with one attached hydrogen (secondary N) is 1. The second-order valence-corrected chi connectivity index (χ2v) is 6.90. The molecule has 2 aliphatic rings. The average Bonchev–Trinajstić information content (AvgIpc) is 2.98. The molecule has 0 bridgehead atoms. The van der Waals surface area contributed by atoms with Crippen molar-refractivity contribution < 1.29 is 19.5 Å². The molecule has 0 saturated carbocycles. The first-order valence-electron chi connectivity index (χ1n) is 9.07. The lowest BCUT2D eigenvalue weighted by atomic mass is 9.85. The van der Waals surface area contributed by atoms with Crippen LogP contribution in [0.25, 0.3) is 0 Å². The lowest BCUT2D eigenvalue weighted by Gasteiger charge is -2.19. The van der Waals surface area contributed by atoms with E-state index in [9.17, 15) is 19.5 Å². The third-order valence-corrected chi connectivity index (χ3v) is 5.19. The Bertz CT molecular complexity index is 945. The number of pyridine rings is 1. The summed E-state index contributed by atoms with van der Waals surface area (Å²) >= 11 is 0. The van der Waals surface area contributed by atoms with Gasteiger partial charge in [0.25, 0.3) is 0 Å². The first-order valence-corrected chi connectivity index (χ1v) is 9.07. The Hall–Kier alpha value is -3.48. The standard InChI is InChI=1S/C21H19N3O4/c25-19-15-5-1-2-6-16(15)20(26)24(19)14-7-8-18(17(10-14)21(27)28)23-12-13-4-3-9-22-11-13/h1-4,7-11,15-16,23H,5-6,12H2,(H,27,28)/p-1/t15-,16-/m0/s1. The molecule has 4 rings (SSSR count). The summed E-state index contributed by atoms with van der Waals surface area (Å²) in [6.45, 7) is 0.380. The number of aromatic carboxylic acids is 1. The number of hydrogen-bond acceptors (Lipinski definition) is 6. The number of fused-ring (bicyclic) bond motifs is 1. The van der Waals surface area contributed by atoms with Gasteiger partial charge in [0.05, 0.1) is 23.5 Å². The summed E-state index contributed by atoms with van der Waals surface area (Å²) in [5.41, 5.74) is 1.40. The molecule has 1 aliphatic heterocycles. The van der Waals surface area contributed by atoms with Crippen molar-refractivity contribution in [3.63, 3.8) is 0 Å². The van der Waals surface area contributed by atoms with Gasteiger partial charge in [0.1, 0.15) is 0 Å². The third kappa shape index (κ3) is 3.15. The number of carboxylic acid groups (broad SMARTS) is 1. The molecule has 2 atom stereocenters. The fraction of sp³-hybridized carbons (Fsp3) is 0.238. The molecule has 7 heteroatoms. The minimum atomic E-state index is -1.38. The van der Waals surface area contributed by atoms with E-state index in [1.807, 2.05) is 18.2 Å². The number of nitrogens with zero attached hydrogens (tertiary/aromatic N) is 2. The summed E-state index contributed by atoms with van der Waals surface area (Å²) in [5, 5.41) is 14.7. The SMILES string of the molecule is O=C([O-])c1cc(N2C(=O)[C@H]3CC=CC[C@@H]3C2=O)ccc1NCc1cccnc1. The van der Waals surface area contributed by atoms with E-state index in [1.54, 1.807) is 30.6 Å². The minimum absolute atomic E-state index is 0.102. The highest BCUT2D eigenvalue weighted by Gasteiger charge is 2.47. The molecule has 2 heterocycles. The minimum Gasteiger partial charge on any atom is -0.545 e. The van der Waals surface area contributed by atoms with Gasteiger partial charge >= 0.3 is 0 Å². The summed E-state index contributed by atoms with van der Waals surface area (Å²) in [5.74, 6) is -2.67. The van der Waals surface area contributed by atoms with Crippen molar-refractivity contribution in [3.05, 3.63) is 66.0 Å². The molecule has 0 spiro atoms. The molecule has 1 aromatic heterocycles. The van der Waals surface area contributed by atoms with Gasteiger partial charge in [-0.1, -0.05) is 18.2 Å². The van der Waals surface area contributed by atoms with Crippen molar-refractivity contribution in [2.24, 2.45) is 11.8 Å². The van der Waals surface area contributed by atoms with Crippen LogP contribution in [0.15, 0.2) is 54.9 Å². The molecular formula is C21H18N3O4-. The largest absolute Gasteiger partial charge is 0.545 e. The van der Waals surface area contributed by atoms with E-state index in [-0.39, 0.29) is 34.9 Å². The number of carboxylic acids is 1. The zero-order chi connectivity index (χ0) is 19.7. The van der Waals surface area contributed by atoms with E-state index in [0.29, 0.717) is 25.1 Å². The van der Waals surface area contributed by atoms with Gasteiger partial charge in [-0.2, -0.15) is 0 Å². The molecular weight excluding hydrogens is 358 g/mol. The van der Waals surface area contributed by atoms with Gasteiger partial charge in [-0.15, -0.1) is 0 Å². The van der Waals surface area contributed by atoms with E-state index in [1.165, 1.54) is 6.07 Å². The van der Waals surface area contributed by atoms with Crippen LogP contribution in [0.1, 0.15) is 28.8 Å². The van der Waals surface area contributed by atoms with Crippen molar-refractivity contribution in [2.45, 2.75) is 19.4 Å². The maximum atomic E-state index is 12.7. The van der Waals surface area contributed by atoms with Crippen LogP contribution >= 0.6 is 0 Å². The molecule has 1 saturated heterocycles. The predicted molar refractivity (Wildman–Crippen MR) is 100 cm³/mol. The van der Waals surface area contributed by atoms with Crippen molar-refractivity contribution in [2.75, 3.05) is 10.2 Å². The first kappa shape index (κ1) is 17.9. The monoisotopic (exact) mass is 376 g/mol. The number of carbonyl (C=O) groups is 3. The number of amides is 2. The van der Waals surface area contributed by atoms with Gasteiger partial charge in [0.2, 0.25) is 11.8 Å². The number of anilines is 2. The molecule has 2 aromatic rings. The van der Waals surface area contributed by atoms with Gasteiger partial charge in [0, 0.05) is 30.2 Å². The lowest BCUT2D eigenvalue weighted by Crippen LogP contribution is -2.31. The molecule has 2 amide bonds. The van der Waals surface area contributed by atoms with Crippen LogP contribution < -0.4 is 15.3 Å². The van der Waals surface area contributed by atoms with Gasteiger partial charge in [-0.3, -0.25) is 19.5 Å². The van der Waals surface area contributed by atoms with E-state index in [0.717, 1.165) is 10.5 Å². The van der Waals surface area contributed by atoms with Crippen LogP contribution in [0.3, 0.4) is 0 Å². The number of carbonyl (C=O) groups excluding carboxylic acids is 3. The Morgan fingerprint density at radius 3 is 2.46 bits per heavy atom. The Morgan fingerprint density at radius 1 is 1.14 bits per heavy atom. The summed E-state index contributed by atoms with van der Waals surface area (Å²) in [6.07, 6.45) is 8.22. The van der Waals surface area contributed by atoms with Crippen LogP contribution in [-0.4, -0.2) is 22.8 Å². The number of hydrogen-bond donors (Lipinski definition) is 1. The molecule has 1 N–H and O–H groups in total. The maximum Gasteiger partial charge on any atom is 0.238 e. The van der Waals surface area contributed by atoms with Gasteiger partial charge in [-0.05, 0) is 42.7 Å². The number of rotatable bonds is 5. The lowest BCUT2D eigenvalue weighted by molar-refractivity contribution is -0.254. The molecule has 0 unspecified atom stereocenters. The highest BCUT2D eigenvalue weighted by Crippen LogP contribution is 2.38. The fourth-order valence-corrected chi connectivity index (χ4v) is 3.75. The first-order chi connectivity index (χ1) is 13.6. The van der Waals surface area contributed by atoms with Crippen LogP contribution in [-0.2, 0) is 16.1 Å². The molecule has 28 heavy (non-hydrogen) atoms. The average molecular weight is 376 g/mol. The van der Waals surface area contributed by atoms with Crippen molar-refractivity contribution in [1.29, 1.82) is 0 Å². The molecule has 7 nitrogen and oxygen atoms in total. The molecule has 0 radical (unpaired) electrons. The third-order valence-electron chi connectivity index (χ3n) is 5.19. The van der Waals surface area contributed by atoms with E-state index < -0.39 is 5.97 Å². The number of aromatic nitrogens is 1. The zero-order valence-electron chi connectivity index (χ0n) is 15.0. The second kappa shape index (κ2) is 7.26.